The topological polar surface area (TPSA) is 59.1 Å². The highest BCUT2D eigenvalue weighted by Gasteiger charge is 1.75. The summed E-state index contributed by atoms with van der Waals surface area (Å²) < 4.78 is 4.40. The molecule has 0 bridgehead atoms. The first-order valence-corrected chi connectivity index (χ1v) is 1.65. The second-order valence-electron chi connectivity index (χ2n) is 0.867. The van der Waals surface area contributed by atoms with Crippen molar-refractivity contribution in [1.29, 1.82) is 5.41 Å². The Bertz CT molecular complexity index is 52.8. The van der Waals surface area contributed by atoms with E-state index in [0.717, 1.165) is 0 Å². The lowest BCUT2D eigenvalue weighted by molar-refractivity contribution is 0.311. The van der Waals surface area contributed by atoms with Gasteiger partial charge in [-0.3, -0.25) is 11.1 Å². The van der Waals surface area contributed by atoms with Crippen LogP contribution in [0.3, 0.4) is 0 Å². The van der Waals surface area contributed by atoms with Gasteiger partial charge in [0.05, 0.1) is 0 Å². The Labute approximate surface area is 36.6 Å². The third-order valence-corrected chi connectivity index (χ3v) is 0.300. The molecule has 0 spiro atoms. The van der Waals surface area contributed by atoms with Gasteiger partial charge >= 0.3 is 0 Å². The summed E-state index contributed by atoms with van der Waals surface area (Å²) in [7, 11) is 0. The Morgan fingerprint density at radius 2 is 2.50 bits per heavy atom. The van der Waals surface area contributed by atoms with E-state index in [1.807, 2.05) is 0 Å². The molecule has 0 rings (SSSR count). The van der Waals surface area contributed by atoms with E-state index in [2.05, 4.69) is 4.74 Å². The van der Waals surface area contributed by atoms with E-state index in [0.29, 0.717) is 0 Å². The average molecular weight is 88.1 g/mol. The fourth-order valence-corrected chi connectivity index (χ4v) is 0.125. The molecule has 6 heavy (non-hydrogen) atoms. The molecule has 0 heterocycles. The van der Waals surface area contributed by atoms with Crippen LogP contribution >= 0.6 is 0 Å². The van der Waals surface area contributed by atoms with E-state index in [-0.39, 0.29) is 12.6 Å². The van der Waals surface area contributed by atoms with Gasteiger partial charge in [-0.2, -0.15) is 0 Å². The van der Waals surface area contributed by atoms with E-state index < -0.39 is 0 Å². The molecule has 0 radical (unpaired) electrons. The minimum atomic E-state index is 0.106. The molecule has 3 nitrogen and oxygen atoms in total. The molecular weight excluding hydrogens is 80.0 g/mol. The first kappa shape index (κ1) is 5.43. The standard InChI is InChI=1S/C3H8N2O/c1-3(5)6-2-4/h5H,2,4H2,1H3. The van der Waals surface area contributed by atoms with Gasteiger partial charge in [-0.15, -0.1) is 0 Å². The minimum Gasteiger partial charge on any atom is -0.466 e. The van der Waals surface area contributed by atoms with Crippen molar-refractivity contribution < 1.29 is 4.74 Å². The maximum Gasteiger partial charge on any atom is 0.179 e. The van der Waals surface area contributed by atoms with Crippen molar-refractivity contribution in [3.05, 3.63) is 0 Å². The highest BCUT2D eigenvalue weighted by Crippen LogP contribution is 1.66. The zero-order valence-corrected chi connectivity index (χ0v) is 3.69. The van der Waals surface area contributed by atoms with Gasteiger partial charge < -0.3 is 4.74 Å². The third kappa shape index (κ3) is 3.43. The molecule has 0 amide bonds. The van der Waals surface area contributed by atoms with E-state index in [4.69, 9.17) is 11.1 Å². The fraction of sp³-hybridized carbons (Fsp3) is 0.667. The van der Waals surface area contributed by atoms with Crippen LogP contribution in [-0.2, 0) is 4.74 Å². The monoisotopic (exact) mass is 88.1 g/mol. The number of nitrogens with two attached hydrogens (primary N) is 1. The van der Waals surface area contributed by atoms with Crippen molar-refractivity contribution >= 4 is 5.90 Å². The van der Waals surface area contributed by atoms with Gasteiger partial charge in [0, 0.05) is 6.92 Å². The number of hydrogen-bond donors (Lipinski definition) is 2. The summed E-state index contributed by atoms with van der Waals surface area (Å²) in [6, 6.07) is 0. The van der Waals surface area contributed by atoms with Gasteiger partial charge in [-0.25, -0.2) is 0 Å². The highest BCUT2D eigenvalue weighted by molar-refractivity contribution is 5.69. The molecule has 0 aromatic rings. The second-order valence-corrected chi connectivity index (χ2v) is 0.867. The minimum absolute atomic E-state index is 0.106. The lowest BCUT2D eigenvalue weighted by Crippen LogP contribution is -2.07. The average Bonchev–Trinajstić information content (AvgIpc) is 1.35. The number of rotatable bonds is 1. The molecule has 0 atom stereocenters. The van der Waals surface area contributed by atoms with Crippen LogP contribution in [0.4, 0.5) is 0 Å². The number of ether oxygens (including phenoxy) is 1. The lowest BCUT2D eigenvalue weighted by atomic mass is 10.8. The van der Waals surface area contributed by atoms with Crippen LogP contribution in [0.25, 0.3) is 0 Å². The summed E-state index contributed by atoms with van der Waals surface area (Å²) in [5.74, 6) is 0.164. The first-order chi connectivity index (χ1) is 2.77. The van der Waals surface area contributed by atoms with Gasteiger partial charge in [0.1, 0.15) is 6.73 Å². The second kappa shape index (κ2) is 2.66. The molecule has 36 valence electrons. The summed E-state index contributed by atoms with van der Waals surface area (Å²) in [4.78, 5) is 0. The molecule has 3 N–H and O–H groups in total. The van der Waals surface area contributed by atoms with Crippen molar-refractivity contribution in [2.45, 2.75) is 6.92 Å². The first-order valence-electron chi connectivity index (χ1n) is 1.65. The van der Waals surface area contributed by atoms with Gasteiger partial charge in [-0.05, 0) is 0 Å². The molecule has 0 aromatic carbocycles. The molecule has 0 saturated heterocycles. The number of hydrogen-bond acceptors (Lipinski definition) is 3. The predicted molar refractivity (Wildman–Crippen MR) is 23.5 cm³/mol. The highest BCUT2D eigenvalue weighted by atomic mass is 16.5. The van der Waals surface area contributed by atoms with Crippen LogP contribution in [0.15, 0.2) is 0 Å². The van der Waals surface area contributed by atoms with Crippen molar-refractivity contribution in [2.75, 3.05) is 6.73 Å². The van der Waals surface area contributed by atoms with E-state index in [1.165, 1.54) is 6.92 Å². The summed E-state index contributed by atoms with van der Waals surface area (Å²) in [6.45, 7) is 1.64. The summed E-state index contributed by atoms with van der Waals surface area (Å²) in [5, 5.41) is 6.59. The maximum atomic E-state index is 6.59. The molecule has 0 aliphatic heterocycles. The lowest BCUT2D eigenvalue weighted by Gasteiger charge is -1.93. The zero-order chi connectivity index (χ0) is 4.99. The SMILES string of the molecule is CC(=N)OCN. The van der Waals surface area contributed by atoms with Crippen LogP contribution < -0.4 is 5.73 Å². The molecular formula is C3H8N2O. The Kier molecular flexibility index (Phi) is 2.40. The Morgan fingerprint density at radius 1 is 2.00 bits per heavy atom. The van der Waals surface area contributed by atoms with Crippen molar-refractivity contribution in [3.8, 4) is 0 Å². The van der Waals surface area contributed by atoms with Crippen molar-refractivity contribution in [2.24, 2.45) is 5.73 Å². The predicted octanol–water partition coefficient (Wildman–Crippen LogP) is -0.0836. The quantitative estimate of drug-likeness (QED) is 0.267. The molecule has 0 fully saturated rings. The van der Waals surface area contributed by atoms with Crippen LogP contribution in [0.1, 0.15) is 6.92 Å². The van der Waals surface area contributed by atoms with E-state index in [1.54, 1.807) is 0 Å². The Hall–Kier alpha value is -0.570. The van der Waals surface area contributed by atoms with Gasteiger partial charge in [0.2, 0.25) is 0 Å². The normalized spacial score (nSPS) is 7.67. The third-order valence-electron chi connectivity index (χ3n) is 0.300. The maximum absolute atomic E-state index is 6.59. The van der Waals surface area contributed by atoms with Crippen LogP contribution in [0.5, 0.6) is 0 Å². The van der Waals surface area contributed by atoms with Gasteiger partial charge in [0.15, 0.2) is 5.90 Å². The summed E-state index contributed by atoms with van der Waals surface area (Å²) in [5.41, 5.74) is 4.87. The Morgan fingerprint density at radius 3 is 2.50 bits per heavy atom. The summed E-state index contributed by atoms with van der Waals surface area (Å²) in [6.07, 6.45) is 0. The van der Waals surface area contributed by atoms with E-state index in [9.17, 15) is 0 Å². The molecule has 0 aromatic heterocycles. The Balaban J connectivity index is 2.83. The summed E-state index contributed by atoms with van der Waals surface area (Å²) >= 11 is 0. The zero-order valence-electron chi connectivity index (χ0n) is 3.69. The van der Waals surface area contributed by atoms with Crippen LogP contribution in [0, 0.1) is 5.41 Å². The van der Waals surface area contributed by atoms with Crippen molar-refractivity contribution in [3.63, 3.8) is 0 Å². The van der Waals surface area contributed by atoms with E-state index >= 15 is 0 Å². The molecule has 3 heteroatoms. The molecule has 0 aliphatic rings. The van der Waals surface area contributed by atoms with Crippen molar-refractivity contribution in [1.82, 2.24) is 0 Å². The van der Waals surface area contributed by atoms with Gasteiger partial charge in [0.25, 0.3) is 0 Å². The molecule has 0 unspecified atom stereocenters. The molecule has 0 aliphatic carbocycles. The smallest absolute Gasteiger partial charge is 0.179 e. The van der Waals surface area contributed by atoms with Gasteiger partial charge in [-0.1, -0.05) is 0 Å². The molecule has 0 saturated carbocycles. The fourth-order valence-electron chi connectivity index (χ4n) is 0.125. The number of nitrogens with one attached hydrogen (secondary N) is 1. The largest absolute Gasteiger partial charge is 0.466 e. The van der Waals surface area contributed by atoms with Crippen LogP contribution in [0.2, 0.25) is 0 Å². The van der Waals surface area contributed by atoms with Crippen LogP contribution in [-0.4, -0.2) is 12.6 Å².